The van der Waals surface area contributed by atoms with Crippen molar-refractivity contribution in [1.82, 2.24) is 15.2 Å². The number of amides is 1. The number of nitrogens with one attached hydrogen (secondary N) is 2. The van der Waals surface area contributed by atoms with Crippen LogP contribution in [0, 0.1) is 5.92 Å². The Labute approximate surface area is 244 Å². The lowest BCUT2D eigenvalue weighted by molar-refractivity contribution is -0.0272. The van der Waals surface area contributed by atoms with Gasteiger partial charge in [-0.25, -0.2) is 0 Å². The number of halogens is 1. The summed E-state index contributed by atoms with van der Waals surface area (Å²) in [6.45, 7) is 4.99. The van der Waals surface area contributed by atoms with Gasteiger partial charge in [-0.2, -0.15) is 0 Å². The van der Waals surface area contributed by atoms with Crippen molar-refractivity contribution in [2.45, 2.75) is 69.8 Å². The van der Waals surface area contributed by atoms with Crippen molar-refractivity contribution in [3.8, 4) is 5.75 Å². The highest BCUT2D eigenvalue weighted by Crippen LogP contribution is 2.33. The monoisotopic (exact) mass is 579 g/mol. The summed E-state index contributed by atoms with van der Waals surface area (Å²) in [5, 5.41) is 26.7. The van der Waals surface area contributed by atoms with Crippen molar-refractivity contribution in [2.75, 3.05) is 19.6 Å². The summed E-state index contributed by atoms with van der Waals surface area (Å²) in [7, 11) is 0. The summed E-state index contributed by atoms with van der Waals surface area (Å²) in [6, 6.07) is 13.1. The number of piperidine rings is 1. The molecule has 41 heavy (non-hydrogen) atoms. The lowest BCUT2D eigenvalue weighted by Gasteiger charge is -2.39. The van der Waals surface area contributed by atoms with Crippen LogP contribution in [0.25, 0.3) is 21.9 Å². The molecular formula is C32H38ClN3O5. The summed E-state index contributed by atoms with van der Waals surface area (Å²) in [6.07, 6.45) is 5.82. The number of aliphatic hydroxyl groups excluding tert-OH is 1. The molecule has 9 heteroatoms. The first-order chi connectivity index (χ1) is 19.8. The molecule has 0 bridgehead atoms. The second-order valence-corrected chi connectivity index (χ2v) is 12.4. The van der Waals surface area contributed by atoms with E-state index in [2.05, 4.69) is 22.1 Å². The first-order valence-corrected chi connectivity index (χ1v) is 15.0. The number of aromatic amines is 1. The lowest BCUT2D eigenvalue weighted by Crippen LogP contribution is -2.47. The molecular weight excluding hydrogens is 542 g/mol. The molecule has 1 aliphatic heterocycles. The number of fused-ring (bicyclic) bond motifs is 2. The third-order valence-electron chi connectivity index (χ3n) is 8.96. The zero-order chi connectivity index (χ0) is 28.6. The van der Waals surface area contributed by atoms with Crippen LogP contribution in [0.5, 0.6) is 5.75 Å². The van der Waals surface area contributed by atoms with Gasteiger partial charge in [-0.3, -0.25) is 4.79 Å². The Balaban J connectivity index is 1.04. The molecule has 2 atom stereocenters. The summed E-state index contributed by atoms with van der Waals surface area (Å²) in [5.74, 6) is 0.793. The van der Waals surface area contributed by atoms with Crippen molar-refractivity contribution < 1.29 is 24.2 Å². The molecule has 1 aliphatic carbocycles. The number of hydrogen-bond donors (Lipinski definition) is 4. The minimum Gasteiger partial charge on any atom is -0.488 e. The van der Waals surface area contributed by atoms with Crippen molar-refractivity contribution >= 4 is 39.4 Å². The van der Waals surface area contributed by atoms with Gasteiger partial charge in [0.2, 0.25) is 0 Å². The fraction of sp³-hybridized carbons (Fsp3) is 0.469. The standard InChI is InChI=1S/C32H38ClN3O5/c1-20-17-36(13-9-28(20)37)14-12-32(39)10-7-23(8-11-32)34-31(38)27-16-25-26(35-27)3-2-4-29(25)40-18-21-19-41-30-6-5-22(33)15-24(21)30/h2-6,15-16,19-20,23,28,35,37,39H,7-14,17-18H2,1H3,(H,34,38)/t20-,23?,28-,32?/m0/s1. The second-order valence-electron chi connectivity index (χ2n) is 11.9. The molecule has 3 heterocycles. The van der Waals surface area contributed by atoms with Gasteiger partial charge in [0, 0.05) is 52.6 Å². The number of aromatic nitrogens is 1. The fourth-order valence-corrected chi connectivity index (χ4v) is 6.47. The molecule has 218 valence electrons. The van der Waals surface area contributed by atoms with Crippen LogP contribution >= 0.6 is 11.6 Å². The highest BCUT2D eigenvalue weighted by molar-refractivity contribution is 6.31. The summed E-state index contributed by atoms with van der Waals surface area (Å²) in [4.78, 5) is 18.8. The van der Waals surface area contributed by atoms with Gasteiger partial charge in [0.05, 0.1) is 18.0 Å². The van der Waals surface area contributed by atoms with Gasteiger partial charge in [-0.1, -0.05) is 24.6 Å². The van der Waals surface area contributed by atoms with E-state index in [9.17, 15) is 15.0 Å². The van der Waals surface area contributed by atoms with Gasteiger partial charge in [0.15, 0.2) is 0 Å². The third-order valence-corrected chi connectivity index (χ3v) is 9.19. The van der Waals surface area contributed by atoms with Crippen LogP contribution in [0.2, 0.25) is 5.02 Å². The highest BCUT2D eigenvalue weighted by Gasteiger charge is 2.35. The largest absolute Gasteiger partial charge is 0.488 e. The van der Waals surface area contributed by atoms with E-state index in [4.69, 9.17) is 20.8 Å². The molecule has 2 aliphatic rings. The van der Waals surface area contributed by atoms with Crippen LogP contribution in [0.15, 0.2) is 53.1 Å². The Hall–Kier alpha value is -3.04. The molecule has 2 fully saturated rings. The van der Waals surface area contributed by atoms with Crippen LogP contribution < -0.4 is 10.1 Å². The normalized spacial score (nSPS) is 25.5. The minimum absolute atomic E-state index is 0.0243. The van der Waals surface area contributed by atoms with Crippen LogP contribution in [0.3, 0.4) is 0 Å². The van der Waals surface area contributed by atoms with Crippen molar-refractivity contribution in [3.05, 3.63) is 65.0 Å². The molecule has 1 saturated heterocycles. The maximum atomic E-state index is 13.2. The molecule has 1 saturated carbocycles. The van der Waals surface area contributed by atoms with E-state index in [0.717, 1.165) is 72.8 Å². The van der Waals surface area contributed by atoms with E-state index >= 15 is 0 Å². The number of benzene rings is 2. The molecule has 2 aromatic carbocycles. The zero-order valence-corrected chi connectivity index (χ0v) is 24.1. The number of hydrogen-bond acceptors (Lipinski definition) is 6. The van der Waals surface area contributed by atoms with E-state index in [-0.39, 0.29) is 24.0 Å². The number of aliphatic hydroxyl groups is 2. The van der Waals surface area contributed by atoms with Crippen LogP contribution in [-0.2, 0) is 6.61 Å². The Bertz CT molecular complexity index is 1520. The van der Waals surface area contributed by atoms with E-state index in [1.807, 2.05) is 36.4 Å². The number of furan rings is 1. The predicted molar refractivity (Wildman–Crippen MR) is 159 cm³/mol. The lowest BCUT2D eigenvalue weighted by atomic mass is 9.80. The van der Waals surface area contributed by atoms with Crippen LogP contribution in [0.4, 0.5) is 0 Å². The minimum atomic E-state index is -0.695. The predicted octanol–water partition coefficient (Wildman–Crippen LogP) is 5.64. The second kappa shape index (κ2) is 11.7. The van der Waals surface area contributed by atoms with Gasteiger partial charge in [-0.15, -0.1) is 0 Å². The number of H-pyrrole nitrogens is 1. The SMILES string of the molecule is C[C@H]1CN(CCC2(O)CCC(NC(=O)c3cc4c(OCc5coc6ccc(Cl)cc56)cccc4[nH]3)CC2)CC[C@@H]1O. The molecule has 0 spiro atoms. The zero-order valence-electron chi connectivity index (χ0n) is 23.4. The van der Waals surface area contributed by atoms with Gasteiger partial charge in [0.25, 0.3) is 5.91 Å². The number of likely N-dealkylation sites (tertiary alicyclic amines) is 1. The number of carbonyl (C=O) groups is 1. The molecule has 6 rings (SSSR count). The Morgan fingerprint density at radius 3 is 2.83 bits per heavy atom. The molecule has 0 radical (unpaired) electrons. The molecule has 4 aromatic rings. The highest BCUT2D eigenvalue weighted by atomic mass is 35.5. The molecule has 2 aromatic heterocycles. The van der Waals surface area contributed by atoms with Crippen molar-refractivity contribution in [2.24, 2.45) is 5.92 Å². The van der Waals surface area contributed by atoms with E-state index in [1.54, 1.807) is 12.3 Å². The average molecular weight is 580 g/mol. The Morgan fingerprint density at radius 1 is 1.20 bits per heavy atom. The van der Waals surface area contributed by atoms with Crippen LogP contribution in [-0.4, -0.2) is 63.4 Å². The fourth-order valence-electron chi connectivity index (χ4n) is 6.30. The molecule has 0 unspecified atom stereocenters. The molecule has 4 N–H and O–H groups in total. The van der Waals surface area contributed by atoms with E-state index in [1.165, 1.54) is 0 Å². The van der Waals surface area contributed by atoms with Gasteiger partial charge < -0.3 is 34.6 Å². The van der Waals surface area contributed by atoms with Crippen LogP contribution in [0.1, 0.15) is 61.5 Å². The topological polar surface area (TPSA) is 111 Å². The summed E-state index contributed by atoms with van der Waals surface area (Å²) >= 11 is 6.17. The number of nitrogens with zero attached hydrogens (tertiary/aromatic N) is 1. The summed E-state index contributed by atoms with van der Waals surface area (Å²) in [5.41, 5.74) is 2.27. The first-order valence-electron chi connectivity index (χ1n) is 14.6. The molecule has 1 amide bonds. The van der Waals surface area contributed by atoms with Crippen molar-refractivity contribution in [1.29, 1.82) is 0 Å². The van der Waals surface area contributed by atoms with Crippen molar-refractivity contribution in [3.63, 3.8) is 0 Å². The van der Waals surface area contributed by atoms with Gasteiger partial charge >= 0.3 is 0 Å². The maximum Gasteiger partial charge on any atom is 0.267 e. The number of ether oxygens (including phenoxy) is 1. The smallest absolute Gasteiger partial charge is 0.267 e. The first kappa shape index (κ1) is 28.1. The number of carbonyl (C=O) groups excluding carboxylic acids is 1. The third kappa shape index (κ3) is 6.26. The van der Waals surface area contributed by atoms with Gasteiger partial charge in [0.1, 0.15) is 23.6 Å². The van der Waals surface area contributed by atoms with Gasteiger partial charge in [-0.05, 0) is 80.8 Å². The Morgan fingerprint density at radius 2 is 2.02 bits per heavy atom. The van der Waals surface area contributed by atoms with E-state index < -0.39 is 5.60 Å². The average Bonchev–Trinajstić information content (AvgIpc) is 3.58. The summed E-state index contributed by atoms with van der Waals surface area (Å²) < 4.78 is 11.8. The molecule has 8 nitrogen and oxygen atoms in total. The number of rotatable bonds is 8. The maximum absolute atomic E-state index is 13.2. The Kier molecular flexibility index (Phi) is 8.01. The van der Waals surface area contributed by atoms with E-state index in [0.29, 0.717) is 35.9 Å². The quantitative estimate of drug-likeness (QED) is 0.215.